The van der Waals surface area contributed by atoms with E-state index in [2.05, 4.69) is 10.3 Å². The number of amides is 2. The van der Waals surface area contributed by atoms with Crippen LogP contribution in [0.5, 0.6) is 0 Å². The molecule has 1 rings (SSSR count). The maximum atomic E-state index is 11.6. The molecular formula is C9H11N3O4S. The summed E-state index contributed by atoms with van der Waals surface area (Å²) in [6, 6.07) is -0.421. The molecule has 0 bridgehead atoms. The number of thiazole rings is 1. The molecule has 0 spiro atoms. The van der Waals surface area contributed by atoms with Gasteiger partial charge in [0.1, 0.15) is 5.69 Å². The van der Waals surface area contributed by atoms with Gasteiger partial charge in [-0.2, -0.15) is 0 Å². The Morgan fingerprint density at radius 2 is 2.24 bits per heavy atom. The van der Waals surface area contributed by atoms with Gasteiger partial charge in [-0.1, -0.05) is 0 Å². The van der Waals surface area contributed by atoms with Gasteiger partial charge in [0.25, 0.3) is 5.91 Å². The fourth-order valence-electron chi connectivity index (χ4n) is 1.13. The molecule has 1 heterocycles. The topological polar surface area (TPSA) is 122 Å². The molecule has 2 amide bonds. The Bertz CT molecular complexity index is 457. The zero-order valence-corrected chi connectivity index (χ0v) is 9.78. The highest BCUT2D eigenvalue weighted by Gasteiger charge is 2.16. The Morgan fingerprint density at radius 1 is 1.59 bits per heavy atom. The van der Waals surface area contributed by atoms with Crippen molar-refractivity contribution < 1.29 is 19.5 Å². The molecule has 1 unspecified atom stereocenters. The molecule has 92 valence electrons. The molecule has 0 radical (unpaired) electrons. The fourth-order valence-corrected chi connectivity index (χ4v) is 1.76. The van der Waals surface area contributed by atoms with Crippen LogP contribution in [-0.2, 0) is 4.79 Å². The summed E-state index contributed by atoms with van der Waals surface area (Å²) >= 11 is 0.864. The van der Waals surface area contributed by atoms with Crippen LogP contribution in [0.25, 0.3) is 0 Å². The molecule has 0 aliphatic heterocycles. The van der Waals surface area contributed by atoms with Crippen molar-refractivity contribution in [3.63, 3.8) is 0 Å². The van der Waals surface area contributed by atoms with Gasteiger partial charge < -0.3 is 16.2 Å². The molecule has 17 heavy (non-hydrogen) atoms. The predicted molar refractivity (Wildman–Crippen MR) is 59.8 cm³/mol. The van der Waals surface area contributed by atoms with Crippen LogP contribution >= 0.6 is 11.3 Å². The molecule has 4 N–H and O–H groups in total. The van der Waals surface area contributed by atoms with E-state index in [1.54, 1.807) is 6.92 Å². The van der Waals surface area contributed by atoms with E-state index < -0.39 is 23.8 Å². The number of hydrogen-bond acceptors (Lipinski definition) is 5. The zero-order valence-electron chi connectivity index (χ0n) is 8.97. The molecule has 0 aliphatic carbocycles. The van der Waals surface area contributed by atoms with Crippen LogP contribution in [0.3, 0.4) is 0 Å². The molecule has 0 fully saturated rings. The second-order valence-corrected chi connectivity index (χ2v) is 4.25. The van der Waals surface area contributed by atoms with Crippen molar-refractivity contribution in [1.29, 1.82) is 0 Å². The SMILES string of the molecule is CC(CC(N)=O)NC(=O)c1csc(C(=O)O)n1. The van der Waals surface area contributed by atoms with Gasteiger partial charge in [-0.25, -0.2) is 9.78 Å². The monoisotopic (exact) mass is 257 g/mol. The van der Waals surface area contributed by atoms with E-state index in [0.717, 1.165) is 11.3 Å². The molecule has 7 nitrogen and oxygen atoms in total. The summed E-state index contributed by atoms with van der Waals surface area (Å²) in [5.41, 5.74) is 4.99. The largest absolute Gasteiger partial charge is 0.476 e. The van der Waals surface area contributed by atoms with Crippen LogP contribution in [-0.4, -0.2) is 33.9 Å². The van der Waals surface area contributed by atoms with Crippen molar-refractivity contribution in [2.45, 2.75) is 19.4 Å². The average molecular weight is 257 g/mol. The normalized spacial score (nSPS) is 11.8. The first-order valence-corrected chi connectivity index (χ1v) is 5.56. The molecule has 1 aromatic heterocycles. The summed E-state index contributed by atoms with van der Waals surface area (Å²) in [5, 5.41) is 12.3. The Labute approximate surface area is 101 Å². The van der Waals surface area contributed by atoms with Crippen LogP contribution in [0.15, 0.2) is 5.38 Å². The van der Waals surface area contributed by atoms with Gasteiger partial charge >= 0.3 is 5.97 Å². The van der Waals surface area contributed by atoms with Crippen molar-refractivity contribution in [3.05, 3.63) is 16.1 Å². The third-order valence-corrected chi connectivity index (χ3v) is 2.63. The molecule has 0 aliphatic rings. The van der Waals surface area contributed by atoms with Crippen molar-refractivity contribution in [3.8, 4) is 0 Å². The average Bonchev–Trinajstić information content (AvgIpc) is 2.64. The van der Waals surface area contributed by atoms with Crippen LogP contribution in [0, 0.1) is 0 Å². The Hall–Kier alpha value is -1.96. The number of nitrogens with one attached hydrogen (secondary N) is 1. The lowest BCUT2D eigenvalue weighted by Crippen LogP contribution is -2.35. The summed E-state index contributed by atoms with van der Waals surface area (Å²) in [7, 11) is 0. The molecule has 0 saturated heterocycles. The third-order valence-electron chi connectivity index (χ3n) is 1.80. The summed E-state index contributed by atoms with van der Waals surface area (Å²) < 4.78 is 0. The van der Waals surface area contributed by atoms with Gasteiger partial charge in [-0.3, -0.25) is 9.59 Å². The highest BCUT2D eigenvalue weighted by atomic mass is 32.1. The second-order valence-electron chi connectivity index (χ2n) is 3.39. The Balaban J connectivity index is 2.63. The quantitative estimate of drug-likeness (QED) is 0.676. The minimum absolute atomic E-state index is 0.0155. The predicted octanol–water partition coefficient (Wildman–Crippen LogP) is -0.165. The van der Waals surface area contributed by atoms with Gasteiger partial charge in [-0.15, -0.1) is 11.3 Å². The van der Waals surface area contributed by atoms with Gasteiger partial charge in [-0.05, 0) is 6.92 Å². The van der Waals surface area contributed by atoms with E-state index in [9.17, 15) is 14.4 Å². The van der Waals surface area contributed by atoms with E-state index in [0.29, 0.717) is 0 Å². The lowest BCUT2D eigenvalue weighted by Gasteiger charge is -2.10. The molecule has 0 aromatic carbocycles. The number of carbonyl (C=O) groups excluding carboxylic acids is 2. The second kappa shape index (κ2) is 5.39. The highest BCUT2D eigenvalue weighted by molar-refractivity contribution is 7.11. The van der Waals surface area contributed by atoms with Crippen molar-refractivity contribution in [1.82, 2.24) is 10.3 Å². The van der Waals surface area contributed by atoms with E-state index in [1.807, 2.05) is 0 Å². The summed E-state index contributed by atoms with van der Waals surface area (Å²) in [6.07, 6.45) is 0.0155. The number of carboxylic acid groups (broad SMARTS) is 1. The molecule has 1 aromatic rings. The summed E-state index contributed by atoms with van der Waals surface area (Å²) in [5.74, 6) is -2.23. The minimum Gasteiger partial charge on any atom is -0.476 e. The standard InChI is InChI=1S/C9H11N3O4S/c1-4(2-6(10)13)11-7(14)5-3-17-8(12-5)9(15)16/h3-4H,2H2,1H3,(H2,10,13)(H,11,14)(H,15,16). The number of aromatic nitrogens is 1. The first kappa shape index (κ1) is 13.1. The highest BCUT2D eigenvalue weighted by Crippen LogP contribution is 2.09. The number of aromatic carboxylic acids is 1. The lowest BCUT2D eigenvalue weighted by atomic mass is 10.2. The number of nitrogens with two attached hydrogens (primary N) is 1. The van der Waals surface area contributed by atoms with Gasteiger partial charge in [0, 0.05) is 17.8 Å². The lowest BCUT2D eigenvalue weighted by molar-refractivity contribution is -0.118. The maximum Gasteiger partial charge on any atom is 0.365 e. The van der Waals surface area contributed by atoms with Crippen molar-refractivity contribution in [2.75, 3.05) is 0 Å². The van der Waals surface area contributed by atoms with E-state index in [4.69, 9.17) is 10.8 Å². The molecular weight excluding hydrogens is 246 g/mol. The summed E-state index contributed by atoms with van der Waals surface area (Å²) in [6.45, 7) is 1.62. The smallest absolute Gasteiger partial charge is 0.365 e. The third kappa shape index (κ3) is 3.83. The Kier molecular flexibility index (Phi) is 4.16. The van der Waals surface area contributed by atoms with Crippen LogP contribution < -0.4 is 11.1 Å². The van der Waals surface area contributed by atoms with Crippen LogP contribution in [0.2, 0.25) is 0 Å². The van der Waals surface area contributed by atoms with Crippen LogP contribution in [0.1, 0.15) is 33.6 Å². The first-order chi connectivity index (χ1) is 7.90. The van der Waals surface area contributed by atoms with Gasteiger partial charge in [0.15, 0.2) is 0 Å². The fraction of sp³-hybridized carbons (Fsp3) is 0.333. The molecule has 8 heteroatoms. The maximum absolute atomic E-state index is 11.6. The number of carbonyl (C=O) groups is 3. The van der Waals surface area contributed by atoms with Crippen LogP contribution in [0.4, 0.5) is 0 Å². The molecule has 0 saturated carbocycles. The number of nitrogens with zero attached hydrogens (tertiary/aromatic N) is 1. The minimum atomic E-state index is -1.18. The van der Waals surface area contributed by atoms with Crippen molar-refractivity contribution in [2.24, 2.45) is 5.73 Å². The number of hydrogen-bond donors (Lipinski definition) is 3. The Morgan fingerprint density at radius 3 is 2.71 bits per heavy atom. The van der Waals surface area contributed by atoms with Crippen molar-refractivity contribution >= 4 is 29.1 Å². The molecule has 1 atom stereocenters. The first-order valence-electron chi connectivity index (χ1n) is 4.68. The number of primary amides is 1. The van der Waals surface area contributed by atoms with Gasteiger partial charge in [0.2, 0.25) is 10.9 Å². The van der Waals surface area contributed by atoms with E-state index >= 15 is 0 Å². The number of carboxylic acids is 1. The zero-order chi connectivity index (χ0) is 13.0. The number of rotatable bonds is 5. The van der Waals surface area contributed by atoms with E-state index in [-0.39, 0.29) is 17.1 Å². The van der Waals surface area contributed by atoms with Gasteiger partial charge in [0.05, 0.1) is 0 Å². The van der Waals surface area contributed by atoms with E-state index in [1.165, 1.54) is 5.38 Å². The summed E-state index contributed by atoms with van der Waals surface area (Å²) in [4.78, 5) is 36.4.